The van der Waals surface area contributed by atoms with Crippen LogP contribution in [-0.4, -0.2) is 125 Å². The molecular formula is C91H92N18O7S2. The van der Waals surface area contributed by atoms with Gasteiger partial charge in [0.15, 0.2) is 5.65 Å². The highest BCUT2D eigenvalue weighted by Gasteiger charge is 2.34. The Morgan fingerprint density at radius 1 is 0.585 bits per heavy atom. The largest absolute Gasteiger partial charge is 0.471 e. The summed E-state index contributed by atoms with van der Waals surface area (Å²) in [5.74, 6) is 1.07. The van der Waals surface area contributed by atoms with E-state index in [2.05, 4.69) is 182 Å². The first kappa shape index (κ1) is 82.7. The predicted octanol–water partition coefficient (Wildman–Crippen LogP) is 16.3. The number of hydrogen-bond acceptors (Lipinski definition) is 25. The van der Waals surface area contributed by atoms with E-state index in [0.29, 0.717) is 103 Å². The highest BCUT2D eigenvalue weighted by atomic mass is 32.1. The number of nitriles is 2. The number of nitrogens with one attached hydrogen (secondary N) is 2. The Morgan fingerprint density at radius 3 is 1.53 bits per heavy atom. The number of para-hydroxylation sites is 2. The summed E-state index contributed by atoms with van der Waals surface area (Å²) in [7, 11) is 0. The van der Waals surface area contributed by atoms with Gasteiger partial charge >= 0.3 is 6.09 Å². The van der Waals surface area contributed by atoms with Gasteiger partial charge in [-0.15, -0.1) is 22.7 Å². The first-order valence-corrected chi connectivity index (χ1v) is 40.1. The fraction of sp³-hybridized carbons (Fsp3) is 0.253. The topological polar surface area (TPSA) is 368 Å². The molecule has 25 nitrogen and oxygen atoms in total. The van der Waals surface area contributed by atoms with Crippen LogP contribution in [0.1, 0.15) is 138 Å². The molecule has 4 aliphatic heterocycles. The summed E-state index contributed by atoms with van der Waals surface area (Å²) in [6, 6.07) is 54.2. The van der Waals surface area contributed by atoms with Gasteiger partial charge in [-0.25, -0.2) is 24.7 Å². The van der Waals surface area contributed by atoms with E-state index in [1.807, 2.05) is 140 Å². The van der Waals surface area contributed by atoms with Crippen LogP contribution in [0, 0.1) is 22.7 Å². The summed E-state index contributed by atoms with van der Waals surface area (Å²) in [6.45, 7) is 22.8. The van der Waals surface area contributed by atoms with E-state index in [0.717, 1.165) is 110 Å². The number of fused-ring (bicyclic) bond motifs is 7. The molecule has 0 atom stereocenters. The maximum Gasteiger partial charge on any atom is 0.407 e. The number of carbonyl (C=O) groups excluding carboxylic acids is 2. The van der Waals surface area contributed by atoms with Gasteiger partial charge in [0.05, 0.1) is 80.0 Å². The fourth-order valence-corrected chi connectivity index (χ4v) is 16.7. The maximum absolute atomic E-state index is 12.7. The Morgan fingerprint density at radius 2 is 1.04 bits per heavy atom. The minimum atomic E-state index is -0.487. The smallest absolute Gasteiger partial charge is 0.407 e. The van der Waals surface area contributed by atoms with Crippen LogP contribution < -0.4 is 46.7 Å². The van der Waals surface area contributed by atoms with Gasteiger partial charge in [-0.1, -0.05) is 103 Å². The van der Waals surface area contributed by atoms with Crippen LogP contribution in [0.4, 0.5) is 39.4 Å². The number of β-amino-alcohol motifs (C(OH)–C–C–N with tert-alkyl or cyclic N) is 2. The second kappa shape index (κ2) is 36.3. The van der Waals surface area contributed by atoms with Gasteiger partial charge in [-0.05, 0) is 191 Å². The van der Waals surface area contributed by atoms with E-state index in [4.69, 9.17) is 31.4 Å². The van der Waals surface area contributed by atoms with Gasteiger partial charge in [-0.2, -0.15) is 25.5 Å². The van der Waals surface area contributed by atoms with Crippen molar-refractivity contribution in [3.63, 3.8) is 0 Å². The molecule has 5 aromatic heterocycles. The van der Waals surface area contributed by atoms with Crippen molar-refractivity contribution in [1.82, 2.24) is 45.2 Å². The first-order valence-electron chi connectivity index (χ1n) is 38.5. The summed E-state index contributed by atoms with van der Waals surface area (Å²) in [6.07, 6.45) is 14.7. The maximum atomic E-state index is 12.7. The Bertz CT molecular complexity index is 5960. The number of aromatic amines is 1. The van der Waals surface area contributed by atoms with E-state index in [-0.39, 0.29) is 48.3 Å². The zero-order chi connectivity index (χ0) is 83.4. The molecule has 0 aliphatic carbocycles. The van der Waals surface area contributed by atoms with E-state index in [1.165, 1.54) is 40.1 Å². The number of aromatic nitrogens is 8. The molecule has 0 saturated heterocycles. The van der Waals surface area contributed by atoms with Gasteiger partial charge in [0.25, 0.3) is 0 Å². The molecule has 7 aromatic carbocycles. The molecule has 0 spiro atoms. The highest BCUT2D eigenvalue weighted by molar-refractivity contribution is 7.20. The van der Waals surface area contributed by atoms with E-state index >= 15 is 0 Å². The van der Waals surface area contributed by atoms with Crippen LogP contribution in [0.2, 0.25) is 0 Å². The fourth-order valence-electron chi connectivity index (χ4n) is 14.9. The number of carbonyl (C=O) groups is 2. The molecule has 1 amide bonds. The van der Waals surface area contributed by atoms with Crippen molar-refractivity contribution in [2.45, 2.75) is 112 Å². The molecule has 0 radical (unpaired) electrons. The summed E-state index contributed by atoms with van der Waals surface area (Å²) >= 11 is 3.05. The number of allylic oxidation sites excluding steroid dienone is 5. The number of nitrogen functional groups attached to an aromatic ring is 2. The summed E-state index contributed by atoms with van der Waals surface area (Å²) < 4.78 is 19.3. The minimum Gasteiger partial charge on any atom is -0.471 e. The standard InChI is InChI=1S/C39H36N8O3S.C24H23N3OS.C15H19NO2.C13H14N6O/c1-24-20-39(2,3)47(32-13-12-27(19-29(24)32)18-28(21-40)36-44-30-6-4-5-7-33(30)51-36)16-17-49-38(48)43-22-25-8-10-26(11-9-25)23-50-35-34-31(14-15-42-34)45-37(41)46-35;1-16-14-24(2,3)27(10-11-28)21-9-8-17(13-19(16)21)12-18(15-25)23-26-20-6-4-5-7-22(20)29-23;1-11-9-15(2,3)16(6-7-17)14-5-4-12(10-18)8-13(11)14;14-5-8-1-3-9(4-2-8)6-20-12-10-11(17-7-16-10)18-13(15)19-12/h4-13,15,18-20H,14,16-17,22-23H2,1-3H3,(H,43,48)(H2,41,45,46);4-9,12-14,28H,10-11H2,1-3H3;4-5,8-10,17H,6-7H2,1-3H3;1-4,7H,5-6,14H2,(H3,15,16,17,18,19)/b28-18+;18-12+;;. The third-order valence-corrected chi connectivity index (χ3v) is 22.6. The number of nitrogens with zero attached hydrogens (tertiary/aromatic N) is 13. The molecule has 0 bridgehead atoms. The first-order chi connectivity index (χ1) is 56.8. The predicted molar refractivity (Wildman–Crippen MR) is 472 cm³/mol. The summed E-state index contributed by atoms with van der Waals surface area (Å²) in [4.78, 5) is 67.2. The number of aliphatic imine (C=N–C) groups is 1. The number of aliphatic hydroxyl groups is 2. The third-order valence-electron chi connectivity index (χ3n) is 20.4. The Hall–Kier alpha value is -13.3. The number of imidazole rings is 1. The number of alkyl carbamates (subject to hydrolysis) is 1. The van der Waals surface area contributed by atoms with Crippen LogP contribution in [0.5, 0.6) is 11.8 Å². The van der Waals surface area contributed by atoms with Crippen molar-refractivity contribution in [1.29, 1.82) is 10.5 Å². The molecule has 9 heterocycles. The van der Waals surface area contributed by atoms with Gasteiger partial charge in [0.2, 0.25) is 23.7 Å². The van der Waals surface area contributed by atoms with E-state index in [1.54, 1.807) is 6.21 Å². The van der Waals surface area contributed by atoms with Gasteiger partial charge in [0.1, 0.15) is 59.5 Å². The molecule has 10 N–H and O–H groups in total. The number of benzene rings is 7. The molecule has 0 saturated carbocycles. The van der Waals surface area contributed by atoms with Gasteiger partial charge in [0, 0.05) is 78.1 Å². The highest BCUT2D eigenvalue weighted by Crippen LogP contribution is 2.44. The zero-order valence-corrected chi connectivity index (χ0v) is 68.8. The molecule has 16 rings (SSSR count). The number of amides is 1. The summed E-state index contributed by atoms with van der Waals surface area (Å²) in [5, 5.41) is 42.7. The monoisotopic (exact) mass is 1610 g/mol. The number of aliphatic hydroxyl groups excluding tert-OH is 2. The molecule has 600 valence electrons. The molecular weight excluding hydrogens is 1520 g/mol. The Balaban J connectivity index is 0.000000151. The lowest BCUT2D eigenvalue weighted by Crippen LogP contribution is -2.47. The summed E-state index contributed by atoms with van der Waals surface area (Å²) in [5.41, 5.74) is 38.4. The average molecular weight is 1610 g/mol. The average Bonchev–Trinajstić information content (AvgIpc) is 1.07. The molecule has 118 heavy (non-hydrogen) atoms. The number of anilines is 5. The van der Waals surface area contributed by atoms with Crippen molar-refractivity contribution < 1.29 is 34.0 Å². The van der Waals surface area contributed by atoms with E-state index in [9.17, 15) is 30.3 Å². The number of thiazole rings is 2. The van der Waals surface area contributed by atoms with Crippen LogP contribution in [0.25, 0.3) is 71.6 Å². The quantitative estimate of drug-likeness (QED) is 0.0259. The van der Waals surface area contributed by atoms with Gasteiger partial charge in [-0.3, -0.25) is 9.79 Å². The number of rotatable bonds is 21. The van der Waals surface area contributed by atoms with Crippen molar-refractivity contribution in [3.05, 3.63) is 248 Å². The molecule has 27 heteroatoms. The number of H-pyrrole nitrogens is 1. The zero-order valence-electron chi connectivity index (χ0n) is 67.1. The molecule has 0 fully saturated rings. The number of nitrogens with two attached hydrogens (primary N) is 3. The lowest BCUT2D eigenvalue weighted by Gasteiger charge is -2.43. The molecule has 12 aromatic rings. The van der Waals surface area contributed by atoms with Crippen LogP contribution >= 0.6 is 22.7 Å². The van der Waals surface area contributed by atoms with Crippen LogP contribution in [0.3, 0.4) is 0 Å². The van der Waals surface area contributed by atoms with Crippen molar-refractivity contribution >= 4 is 148 Å². The van der Waals surface area contributed by atoms with Gasteiger partial charge < -0.3 is 66.6 Å². The van der Waals surface area contributed by atoms with Crippen LogP contribution in [0.15, 0.2) is 181 Å². The number of hydrogen-bond donors (Lipinski definition) is 7. The SMILES string of the molecule is CC1=CC(C)(C)N(CCO)c2ccc(/C=C(\C#N)c3nc4ccccc4s3)cc21.CC1=CC(C)(C)N(CCO)c2ccc(C=O)cc21.CC1=CC(C)(C)N(CCOC(=O)NCc2ccc(COc3nc(N)nc4c3N=CC4)cc2)c2ccc(/C=C(\C#N)c3nc4ccccc4s3)cc21.NCc1ccc(COc2nc(N)nc3nc[nH]c23)cc1. The van der Waals surface area contributed by atoms with Crippen molar-refractivity contribution in [2.24, 2.45) is 10.7 Å². The Labute approximate surface area is 692 Å². The van der Waals surface area contributed by atoms with Crippen molar-refractivity contribution in [3.8, 4) is 23.9 Å². The molecule has 0 unspecified atom stereocenters. The normalized spacial score (nSPS) is 14.6. The third kappa shape index (κ3) is 19.1. The second-order valence-electron chi connectivity index (χ2n) is 30.2. The van der Waals surface area contributed by atoms with Crippen molar-refractivity contribution in [2.75, 3.05) is 65.6 Å². The van der Waals surface area contributed by atoms with Crippen LogP contribution in [-0.2, 0) is 37.5 Å². The minimum absolute atomic E-state index is 0.105. The van der Waals surface area contributed by atoms with E-state index < -0.39 is 6.09 Å². The second-order valence-corrected chi connectivity index (χ2v) is 32.3. The number of ether oxygens (including phenoxy) is 3. The Kier molecular flexibility index (Phi) is 25.4. The lowest BCUT2D eigenvalue weighted by atomic mass is 9.88. The molecule has 4 aliphatic rings. The lowest BCUT2D eigenvalue weighted by molar-refractivity contribution is 0.112. The number of aldehydes is 1.